The van der Waals surface area contributed by atoms with Crippen LogP contribution >= 0.6 is 11.6 Å². The van der Waals surface area contributed by atoms with Crippen LogP contribution in [0.3, 0.4) is 0 Å². The number of carbonyl (C=O) groups is 1. The highest BCUT2D eigenvalue weighted by Gasteiger charge is 2.31. The van der Waals surface area contributed by atoms with Gasteiger partial charge in [-0.25, -0.2) is 9.79 Å². The smallest absolute Gasteiger partial charge is 0.416 e. The van der Waals surface area contributed by atoms with Crippen molar-refractivity contribution in [3.63, 3.8) is 0 Å². The van der Waals surface area contributed by atoms with Gasteiger partial charge in [-0.05, 0) is 30.3 Å². The number of carbonyl (C=O) groups excluding carboxylic acids is 1. The quantitative estimate of drug-likeness (QED) is 0.209. The Labute approximate surface area is 182 Å². The first kappa shape index (κ1) is 21.3. The van der Waals surface area contributed by atoms with Crippen LogP contribution in [0.2, 0.25) is 5.02 Å². The number of hydrogen-bond acceptors (Lipinski definition) is 6. The summed E-state index contributed by atoms with van der Waals surface area (Å²) in [6.07, 6.45) is -3.27. The van der Waals surface area contributed by atoms with Gasteiger partial charge in [-0.3, -0.25) is 10.1 Å². The highest BCUT2D eigenvalue weighted by Crippen LogP contribution is 2.33. The summed E-state index contributed by atoms with van der Waals surface area (Å²) in [6, 6.07) is 11.1. The third-order valence-corrected chi connectivity index (χ3v) is 4.72. The van der Waals surface area contributed by atoms with E-state index in [0.29, 0.717) is 0 Å². The number of furan rings is 1. The summed E-state index contributed by atoms with van der Waals surface area (Å²) in [5.41, 5.74) is -1.01. The van der Waals surface area contributed by atoms with Gasteiger partial charge in [-0.1, -0.05) is 23.7 Å². The van der Waals surface area contributed by atoms with Gasteiger partial charge in [0.1, 0.15) is 11.5 Å². The fraction of sp³-hybridized carbons (Fsp3) is 0.0476. The number of esters is 1. The molecule has 0 atom stereocenters. The highest BCUT2D eigenvalue weighted by molar-refractivity contribution is 6.34. The molecule has 0 fully saturated rings. The van der Waals surface area contributed by atoms with Crippen LogP contribution in [0.5, 0.6) is 0 Å². The minimum atomic E-state index is -4.50. The molecule has 0 amide bonds. The topological polar surface area (TPSA) is 94.9 Å². The first-order valence-electron chi connectivity index (χ1n) is 8.86. The second-order valence-corrected chi connectivity index (χ2v) is 6.95. The van der Waals surface area contributed by atoms with E-state index in [1.165, 1.54) is 42.5 Å². The van der Waals surface area contributed by atoms with Crippen molar-refractivity contribution < 1.29 is 32.0 Å². The lowest BCUT2D eigenvalue weighted by atomic mass is 10.1. The van der Waals surface area contributed by atoms with Crippen molar-refractivity contribution in [3.05, 3.63) is 92.3 Å². The Morgan fingerprint density at radius 2 is 1.88 bits per heavy atom. The largest absolute Gasteiger partial charge is 0.457 e. The molecule has 1 aliphatic rings. The van der Waals surface area contributed by atoms with Crippen LogP contribution in [0, 0.1) is 10.1 Å². The minimum Gasteiger partial charge on any atom is -0.457 e. The molecule has 0 radical (unpaired) electrons. The van der Waals surface area contributed by atoms with E-state index in [-0.39, 0.29) is 45.0 Å². The van der Waals surface area contributed by atoms with Crippen molar-refractivity contribution in [2.45, 2.75) is 6.18 Å². The molecule has 1 aromatic heterocycles. The average Bonchev–Trinajstić information content (AvgIpc) is 3.35. The molecule has 4 rings (SSSR count). The molecule has 32 heavy (non-hydrogen) atoms. The normalized spacial score (nSPS) is 15.1. The average molecular weight is 463 g/mol. The Bertz CT molecular complexity index is 1310. The van der Waals surface area contributed by atoms with E-state index in [0.717, 1.165) is 18.2 Å². The number of nitro benzene ring substituents is 1. The van der Waals surface area contributed by atoms with Crippen molar-refractivity contribution in [3.8, 4) is 11.3 Å². The van der Waals surface area contributed by atoms with Gasteiger partial charge in [-0.15, -0.1) is 0 Å². The Balaban J connectivity index is 1.64. The van der Waals surface area contributed by atoms with E-state index in [1.54, 1.807) is 0 Å². The molecule has 0 saturated heterocycles. The molecular weight excluding hydrogens is 453 g/mol. The molecule has 0 bridgehead atoms. The van der Waals surface area contributed by atoms with Gasteiger partial charge in [-0.2, -0.15) is 13.2 Å². The third kappa shape index (κ3) is 4.26. The second kappa shape index (κ2) is 7.97. The zero-order valence-electron chi connectivity index (χ0n) is 15.7. The van der Waals surface area contributed by atoms with Crippen LogP contribution < -0.4 is 0 Å². The van der Waals surface area contributed by atoms with Gasteiger partial charge in [0.15, 0.2) is 5.70 Å². The van der Waals surface area contributed by atoms with Gasteiger partial charge in [0.2, 0.25) is 5.90 Å². The second-order valence-electron chi connectivity index (χ2n) is 6.54. The van der Waals surface area contributed by atoms with Gasteiger partial charge in [0, 0.05) is 23.8 Å². The number of rotatable bonds is 4. The van der Waals surface area contributed by atoms with E-state index in [1.807, 2.05) is 0 Å². The fourth-order valence-electron chi connectivity index (χ4n) is 2.88. The maximum Gasteiger partial charge on any atom is 0.416 e. The lowest BCUT2D eigenvalue weighted by Gasteiger charge is -2.07. The highest BCUT2D eigenvalue weighted by atomic mass is 35.5. The molecule has 0 saturated carbocycles. The van der Waals surface area contributed by atoms with Gasteiger partial charge in [0.25, 0.3) is 5.69 Å². The van der Waals surface area contributed by atoms with Crippen LogP contribution in [0.25, 0.3) is 17.4 Å². The monoisotopic (exact) mass is 462 g/mol. The number of aliphatic imine (C=N–C) groups is 1. The van der Waals surface area contributed by atoms with Gasteiger partial charge >= 0.3 is 12.1 Å². The van der Waals surface area contributed by atoms with Crippen LogP contribution in [0.4, 0.5) is 18.9 Å². The fourth-order valence-corrected chi connectivity index (χ4v) is 3.08. The summed E-state index contributed by atoms with van der Waals surface area (Å²) in [5, 5.41) is 11.1. The van der Waals surface area contributed by atoms with E-state index in [4.69, 9.17) is 20.8 Å². The molecular formula is C21H10ClF3N2O5. The number of hydrogen-bond donors (Lipinski definition) is 0. The number of halogens is 4. The minimum absolute atomic E-state index is 0.0571. The number of alkyl halides is 3. The standard InChI is InChI=1S/C21H10ClF3N2O5/c22-16-6-4-13(27(29)30)9-15(16)19-26-17(20(28)32-19)10-14-5-7-18(31-14)11-2-1-3-12(8-11)21(23,24)25/h1-10H/b17-10-. The maximum atomic E-state index is 12.9. The molecule has 1 aliphatic heterocycles. The molecule has 162 valence electrons. The number of cyclic esters (lactones) is 1. The van der Waals surface area contributed by atoms with Crippen molar-refractivity contribution in [1.82, 2.24) is 0 Å². The number of ether oxygens (including phenoxy) is 1. The molecule has 0 aliphatic carbocycles. The summed E-state index contributed by atoms with van der Waals surface area (Å²) in [4.78, 5) is 26.5. The number of benzene rings is 2. The number of non-ortho nitro benzene ring substituents is 1. The molecule has 7 nitrogen and oxygen atoms in total. The van der Waals surface area contributed by atoms with Crippen molar-refractivity contribution in [1.29, 1.82) is 0 Å². The number of nitrogens with zero attached hydrogens (tertiary/aromatic N) is 2. The molecule has 3 aromatic rings. The van der Waals surface area contributed by atoms with Gasteiger partial charge < -0.3 is 9.15 Å². The molecule has 0 spiro atoms. The van der Waals surface area contributed by atoms with E-state index in [9.17, 15) is 28.1 Å². The molecule has 2 heterocycles. The lowest BCUT2D eigenvalue weighted by molar-refractivity contribution is -0.384. The summed E-state index contributed by atoms with van der Waals surface area (Å²) in [7, 11) is 0. The van der Waals surface area contributed by atoms with E-state index >= 15 is 0 Å². The third-order valence-electron chi connectivity index (χ3n) is 4.39. The van der Waals surface area contributed by atoms with Crippen LogP contribution in [-0.4, -0.2) is 16.8 Å². The zero-order valence-corrected chi connectivity index (χ0v) is 16.5. The van der Waals surface area contributed by atoms with Crippen LogP contribution in [0.15, 0.2) is 69.7 Å². The molecule has 11 heteroatoms. The summed E-state index contributed by atoms with van der Waals surface area (Å²) < 4.78 is 49.4. The number of nitro groups is 1. The van der Waals surface area contributed by atoms with Gasteiger partial charge in [0.05, 0.1) is 21.1 Å². The van der Waals surface area contributed by atoms with E-state index in [2.05, 4.69) is 4.99 Å². The zero-order chi connectivity index (χ0) is 23.0. The summed E-state index contributed by atoms with van der Waals surface area (Å²) >= 11 is 6.04. The lowest BCUT2D eigenvalue weighted by Crippen LogP contribution is -2.06. The Morgan fingerprint density at radius 3 is 2.59 bits per heavy atom. The van der Waals surface area contributed by atoms with Crippen molar-refractivity contribution >= 4 is 35.2 Å². The molecule has 0 unspecified atom stereocenters. The molecule has 2 aromatic carbocycles. The first-order valence-corrected chi connectivity index (χ1v) is 9.24. The first-order chi connectivity index (χ1) is 15.1. The van der Waals surface area contributed by atoms with Crippen molar-refractivity contribution in [2.24, 2.45) is 4.99 Å². The Kier molecular flexibility index (Phi) is 5.31. The summed E-state index contributed by atoms with van der Waals surface area (Å²) in [6.45, 7) is 0. The Hall–Kier alpha value is -3.92. The van der Waals surface area contributed by atoms with Crippen molar-refractivity contribution in [2.75, 3.05) is 0 Å². The summed E-state index contributed by atoms with van der Waals surface area (Å²) in [5.74, 6) is -0.779. The predicted octanol–water partition coefficient (Wildman–Crippen LogP) is 5.87. The Morgan fingerprint density at radius 1 is 1.09 bits per heavy atom. The SMILES string of the molecule is O=C1OC(c2cc([N+](=O)[O-])ccc2Cl)=N/C1=C\c1ccc(-c2cccc(C(F)(F)F)c2)o1. The predicted molar refractivity (Wildman–Crippen MR) is 108 cm³/mol. The maximum absolute atomic E-state index is 12.9. The van der Waals surface area contributed by atoms with Crippen LogP contribution in [-0.2, 0) is 15.7 Å². The molecule has 0 N–H and O–H groups in total. The van der Waals surface area contributed by atoms with Crippen LogP contribution in [0.1, 0.15) is 16.9 Å². The van der Waals surface area contributed by atoms with E-state index < -0.39 is 22.6 Å².